The van der Waals surface area contributed by atoms with E-state index >= 15 is 0 Å². The van der Waals surface area contributed by atoms with Gasteiger partial charge in [0.2, 0.25) is 5.91 Å². The van der Waals surface area contributed by atoms with Crippen LogP contribution in [-0.2, 0) is 11.3 Å². The molecule has 2 amide bonds. The van der Waals surface area contributed by atoms with Gasteiger partial charge in [-0.05, 0) is 37.5 Å². The predicted octanol–water partition coefficient (Wildman–Crippen LogP) is 2.39. The molecule has 0 aromatic carbocycles. The van der Waals surface area contributed by atoms with Crippen molar-refractivity contribution in [3.63, 3.8) is 0 Å². The largest absolute Gasteiger partial charge is 0.356 e. The number of aryl methyl sites for hydroxylation is 1. The molecule has 1 aromatic heterocycles. The average molecular weight is 351 g/mol. The number of hydrogen-bond donors (Lipinski definition) is 2. The lowest BCUT2D eigenvalue weighted by Gasteiger charge is -2.07. The van der Waals surface area contributed by atoms with Crippen molar-refractivity contribution in [2.75, 3.05) is 13.1 Å². The third kappa shape index (κ3) is 9.84. The zero-order valence-corrected chi connectivity index (χ0v) is 16.0. The van der Waals surface area contributed by atoms with Crippen molar-refractivity contribution in [1.82, 2.24) is 25.6 Å². The smallest absolute Gasteiger partial charge is 0.273 e. The van der Waals surface area contributed by atoms with Gasteiger partial charge in [-0.2, -0.15) is 0 Å². The Bertz CT molecular complexity index is 525. The summed E-state index contributed by atoms with van der Waals surface area (Å²) >= 11 is 0. The molecule has 7 nitrogen and oxygen atoms in total. The fourth-order valence-electron chi connectivity index (χ4n) is 2.39. The van der Waals surface area contributed by atoms with Gasteiger partial charge in [0.05, 0.1) is 6.20 Å². The Morgan fingerprint density at radius 3 is 2.36 bits per heavy atom. The minimum atomic E-state index is -0.195. The summed E-state index contributed by atoms with van der Waals surface area (Å²) < 4.78 is 1.72. The lowest BCUT2D eigenvalue weighted by atomic mass is 10.1. The van der Waals surface area contributed by atoms with Gasteiger partial charge in [0.15, 0.2) is 5.69 Å². The van der Waals surface area contributed by atoms with Gasteiger partial charge in [-0.15, -0.1) is 5.10 Å². The van der Waals surface area contributed by atoms with E-state index in [1.807, 2.05) is 13.8 Å². The molecule has 0 atom stereocenters. The molecule has 0 saturated heterocycles. The number of carbonyl (C=O) groups excluding carboxylic acids is 2. The maximum absolute atomic E-state index is 12.0. The average Bonchev–Trinajstić information content (AvgIpc) is 2.98. The molecule has 25 heavy (non-hydrogen) atoms. The SMILES string of the molecule is CC(C)CCCn1cc(C(=O)NCCCCNC(=O)CC(C)C)nn1. The minimum absolute atomic E-state index is 0.0908. The maximum Gasteiger partial charge on any atom is 0.273 e. The third-order valence-corrected chi connectivity index (χ3v) is 3.74. The number of aromatic nitrogens is 3. The zero-order chi connectivity index (χ0) is 18.7. The molecule has 0 aliphatic heterocycles. The van der Waals surface area contributed by atoms with E-state index in [4.69, 9.17) is 0 Å². The Balaban J connectivity index is 2.14. The third-order valence-electron chi connectivity index (χ3n) is 3.74. The highest BCUT2D eigenvalue weighted by molar-refractivity contribution is 5.91. The van der Waals surface area contributed by atoms with E-state index in [0.29, 0.717) is 37.0 Å². The number of carbonyl (C=O) groups is 2. The quantitative estimate of drug-likeness (QED) is 0.566. The molecule has 0 unspecified atom stereocenters. The molecule has 1 heterocycles. The van der Waals surface area contributed by atoms with Gasteiger partial charge in [0, 0.05) is 26.1 Å². The Morgan fingerprint density at radius 2 is 1.72 bits per heavy atom. The van der Waals surface area contributed by atoms with Crippen molar-refractivity contribution in [3.05, 3.63) is 11.9 Å². The number of rotatable bonds is 12. The summed E-state index contributed by atoms with van der Waals surface area (Å²) in [4.78, 5) is 23.5. The lowest BCUT2D eigenvalue weighted by molar-refractivity contribution is -0.121. The molecule has 0 aliphatic carbocycles. The summed E-state index contributed by atoms with van der Waals surface area (Å²) in [5, 5.41) is 13.6. The van der Waals surface area contributed by atoms with E-state index in [0.717, 1.165) is 32.2 Å². The van der Waals surface area contributed by atoms with Crippen LogP contribution in [0.4, 0.5) is 0 Å². The van der Waals surface area contributed by atoms with Crippen LogP contribution in [0.15, 0.2) is 6.20 Å². The predicted molar refractivity (Wildman–Crippen MR) is 98.1 cm³/mol. The summed E-state index contributed by atoms with van der Waals surface area (Å²) in [6.45, 7) is 10.4. The second-order valence-electron chi connectivity index (χ2n) is 7.31. The first-order valence-corrected chi connectivity index (χ1v) is 9.33. The van der Waals surface area contributed by atoms with Crippen LogP contribution < -0.4 is 10.6 Å². The van der Waals surface area contributed by atoms with Crippen LogP contribution in [-0.4, -0.2) is 39.9 Å². The standard InChI is InChI=1S/C18H33N5O2/c1-14(2)8-7-11-23-13-16(21-22-23)18(25)20-10-6-5-9-19-17(24)12-15(3)4/h13-15H,5-12H2,1-4H3,(H,19,24)(H,20,25). The Morgan fingerprint density at radius 1 is 1.04 bits per heavy atom. The fraction of sp³-hybridized carbons (Fsp3) is 0.778. The normalized spacial score (nSPS) is 11.1. The Hall–Kier alpha value is -1.92. The lowest BCUT2D eigenvalue weighted by Crippen LogP contribution is -2.28. The highest BCUT2D eigenvalue weighted by Crippen LogP contribution is 2.05. The maximum atomic E-state index is 12.0. The molecule has 0 saturated carbocycles. The van der Waals surface area contributed by atoms with Gasteiger partial charge < -0.3 is 10.6 Å². The van der Waals surface area contributed by atoms with Crippen molar-refractivity contribution in [3.8, 4) is 0 Å². The van der Waals surface area contributed by atoms with Crippen molar-refractivity contribution in [1.29, 1.82) is 0 Å². The summed E-state index contributed by atoms with van der Waals surface area (Å²) in [6.07, 6.45) is 6.08. The molecule has 1 rings (SSSR count). The first-order chi connectivity index (χ1) is 11.9. The van der Waals surface area contributed by atoms with Gasteiger partial charge in [-0.1, -0.05) is 32.9 Å². The van der Waals surface area contributed by atoms with Crippen LogP contribution in [0.3, 0.4) is 0 Å². The van der Waals surface area contributed by atoms with Gasteiger partial charge in [0.1, 0.15) is 0 Å². The van der Waals surface area contributed by atoms with Crippen molar-refractivity contribution >= 4 is 11.8 Å². The van der Waals surface area contributed by atoms with E-state index in [1.165, 1.54) is 0 Å². The Kier molecular flexibility index (Phi) is 9.80. The second kappa shape index (κ2) is 11.6. The summed E-state index contributed by atoms with van der Waals surface area (Å²) in [7, 11) is 0. The molecule has 0 spiro atoms. The van der Waals surface area contributed by atoms with E-state index in [1.54, 1.807) is 10.9 Å². The van der Waals surface area contributed by atoms with E-state index in [2.05, 4.69) is 34.8 Å². The highest BCUT2D eigenvalue weighted by atomic mass is 16.2. The van der Waals surface area contributed by atoms with Crippen molar-refractivity contribution in [2.24, 2.45) is 11.8 Å². The van der Waals surface area contributed by atoms with Crippen LogP contribution in [0.1, 0.15) is 70.3 Å². The fourth-order valence-corrected chi connectivity index (χ4v) is 2.39. The van der Waals surface area contributed by atoms with Gasteiger partial charge in [0.25, 0.3) is 5.91 Å². The van der Waals surface area contributed by atoms with E-state index in [9.17, 15) is 9.59 Å². The van der Waals surface area contributed by atoms with Crippen molar-refractivity contribution in [2.45, 2.75) is 66.3 Å². The summed E-state index contributed by atoms with van der Waals surface area (Å²) in [5.41, 5.74) is 0.356. The zero-order valence-electron chi connectivity index (χ0n) is 16.0. The number of unbranched alkanes of at least 4 members (excludes halogenated alkanes) is 1. The molecular formula is C18H33N5O2. The number of nitrogens with zero attached hydrogens (tertiary/aromatic N) is 3. The van der Waals surface area contributed by atoms with Crippen LogP contribution in [0.25, 0.3) is 0 Å². The number of hydrogen-bond acceptors (Lipinski definition) is 4. The Labute approximate surface area is 150 Å². The van der Waals surface area contributed by atoms with E-state index < -0.39 is 0 Å². The molecule has 0 aliphatic rings. The molecule has 142 valence electrons. The summed E-state index contributed by atoms with van der Waals surface area (Å²) in [5.74, 6) is 0.937. The second-order valence-corrected chi connectivity index (χ2v) is 7.31. The molecule has 7 heteroatoms. The molecule has 0 bridgehead atoms. The molecular weight excluding hydrogens is 318 g/mol. The van der Waals surface area contributed by atoms with Crippen molar-refractivity contribution < 1.29 is 9.59 Å². The summed E-state index contributed by atoms with van der Waals surface area (Å²) in [6, 6.07) is 0. The van der Waals surface area contributed by atoms with Crippen LogP contribution in [0, 0.1) is 11.8 Å². The first kappa shape index (κ1) is 21.1. The molecule has 0 radical (unpaired) electrons. The van der Waals surface area contributed by atoms with Crippen LogP contribution >= 0.6 is 0 Å². The molecule has 0 fully saturated rings. The molecule has 2 N–H and O–H groups in total. The van der Waals surface area contributed by atoms with Gasteiger partial charge in [-0.3, -0.25) is 14.3 Å². The monoisotopic (exact) mass is 351 g/mol. The van der Waals surface area contributed by atoms with Gasteiger partial charge >= 0.3 is 0 Å². The number of amides is 2. The van der Waals surface area contributed by atoms with Crippen LogP contribution in [0.5, 0.6) is 0 Å². The minimum Gasteiger partial charge on any atom is -0.356 e. The topological polar surface area (TPSA) is 88.9 Å². The van der Waals surface area contributed by atoms with Gasteiger partial charge in [-0.25, -0.2) is 0 Å². The first-order valence-electron chi connectivity index (χ1n) is 9.33. The highest BCUT2D eigenvalue weighted by Gasteiger charge is 2.10. The van der Waals surface area contributed by atoms with Crippen LogP contribution in [0.2, 0.25) is 0 Å². The molecule has 1 aromatic rings. The van der Waals surface area contributed by atoms with E-state index in [-0.39, 0.29) is 11.8 Å². The number of nitrogens with one attached hydrogen (secondary N) is 2.